The molecular weight excluding hydrogens is 388 g/mol. The van der Waals surface area contributed by atoms with Crippen molar-refractivity contribution in [2.24, 2.45) is 0 Å². The molecule has 2 aromatic rings. The van der Waals surface area contributed by atoms with Gasteiger partial charge in [-0.05, 0) is 29.8 Å². The standard InChI is InChI=1S/C17H18N4O4S2/c1-21(10-16(22)19-9-12-3-2-6-18-8-12)27(24,25)13-4-5-14-15(7-13)26-11-17(23)20-14/h2-8H,9-11H2,1H3,(H,19,22)(H,20,23). The normalized spacial score (nSPS) is 13.8. The third kappa shape index (κ3) is 4.65. The average molecular weight is 406 g/mol. The van der Waals surface area contributed by atoms with Crippen molar-refractivity contribution in [1.82, 2.24) is 14.6 Å². The van der Waals surface area contributed by atoms with Crippen LogP contribution in [0, 0.1) is 0 Å². The molecule has 0 radical (unpaired) electrons. The van der Waals surface area contributed by atoms with Gasteiger partial charge in [-0.1, -0.05) is 6.07 Å². The highest BCUT2D eigenvalue weighted by Crippen LogP contribution is 2.33. The molecule has 1 aromatic carbocycles. The lowest BCUT2D eigenvalue weighted by Crippen LogP contribution is -2.38. The Bertz CT molecular complexity index is 964. The largest absolute Gasteiger partial charge is 0.351 e. The minimum atomic E-state index is -3.83. The highest BCUT2D eigenvalue weighted by molar-refractivity contribution is 8.00. The van der Waals surface area contributed by atoms with Crippen LogP contribution in [0.25, 0.3) is 0 Å². The number of rotatable bonds is 6. The second kappa shape index (κ2) is 8.07. The fraction of sp³-hybridized carbons (Fsp3) is 0.235. The molecule has 2 N–H and O–H groups in total. The Morgan fingerprint density at radius 3 is 2.93 bits per heavy atom. The maximum absolute atomic E-state index is 12.7. The predicted molar refractivity (Wildman–Crippen MR) is 102 cm³/mol. The Balaban J connectivity index is 1.65. The number of likely N-dealkylation sites (N-methyl/N-ethyl adjacent to an activating group) is 1. The maximum atomic E-state index is 12.7. The van der Waals surface area contributed by atoms with Crippen LogP contribution in [0.3, 0.4) is 0 Å². The molecule has 8 nitrogen and oxygen atoms in total. The van der Waals surface area contributed by atoms with Crippen molar-refractivity contribution < 1.29 is 18.0 Å². The summed E-state index contributed by atoms with van der Waals surface area (Å²) in [6.07, 6.45) is 3.26. The fourth-order valence-electron chi connectivity index (χ4n) is 2.44. The number of aromatic nitrogens is 1. The molecule has 0 bridgehead atoms. The number of sulfonamides is 1. The van der Waals surface area contributed by atoms with Crippen molar-refractivity contribution in [3.8, 4) is 0 Å². The zero-order valence-corrected chi connectivity index (χ0v) is 16.1. The number of nitrogens with one attached hydrogen (secondary N) is 2. The molecule has 0 unspecified atom stereocenters. The molecule has 3 rings (SSSR count). The number of carbonyl (C=O) groups excluding carboxylic acids is 2. The smallest absolute Gasteiger partial charge is 0.243 e. The van der Waals surface area contributed by atoms with Crippen LogP contribution in [-0.4, -0.2) is 48.9 Å². The summed E-state index contributed by atoms with van der Waals surface area (Å²) in [5.74, 6) is -0.293. The van der Waals surface area contributed by atoms with E-state index >= 15 is 0 Å². The number of thioether (sulfide) groups is 1. The Labute approximate surface area is 161 Å². The summed E-state index contributed by atoms with van der Waals surface area (Å²) in [6.45, 7) is -0.0285. The van der Waals surface area contributed by atoms with E-state index < -0.39 is 15.9 Å². The summed E-state index contributed by atoms with van der Waals surface area (Å²) < 4.78 is 26.5. The molecule has 0 atom stereocenters. The van der Waals surface area contributed by atoms with E-state index in [4.69, 9.17) is 0 Å². The molecular formula is C17H18N4O4S2. The topological polar surface area (TPSA) is 108 Å². The molecule has 27 heavy (non-hydrogen) atoms. The maximum Gasteiger partial charge on any atom is 0.243 e. The summed E-state index contributed by atoms with van der Waals surface area (Å²) in [6, 6.07) is 8.07. The molecule has 2 heterocycles. The van der Waals surface area contributed by atoms with Crippen molar-refractivity contribution in [2.75, 3.05) is 24.7 Å². The number of nitrogens with zero attached hydrogens (tertiary/aromatic N) is 2. The van der Waals surface area contributed by atoms with Gasteiger partial charge >= 0.3 is 0 Å². The van der Waals surface area contributed by atoms with E-state index in [9.17, 15) is 18.0 Å². The van der Waals surface area contributed by atoms with Crippen molar-refractivity contribution >= 4 is 39.3 Å². The molecule has 0 fully saturated rings. The lowest BCUT2D eigenvalue weighted by atomic mass is 10.3. The number of hydrogen-bond acceptors (Lipinski definition) is 6. The molecule has 0 saturated carbocycles. The summed E-state index contributed by atoms with van der Waals surface area (Å²) in [5.41, 5.74) is 1.41. The second-order valence-electron chi connectivity index (χ2n) is 5.89. The van der Waals surface area contributed by atoms with Crippen LogP contribution in [0.4, 0.5) is 5.69 Å². The van der Waals surface area contributed by atoms with Gasteiger partial charge in [-0.15, -0.1) is 11.8 Å². The van der Waals surface area contributed by atoms with Gasteiger partial charge in [-0.3, -0.25) is 14.6 Å². The Kier molecular flexibility index (Phi) is 5.78. The monoisotopic (exact) mass is 406 g/mol. The summed E-state index contributed by atoms with van der Waals surface area (Å²) in [7, 11) is -2.48. The average Bonchev–Trinajstić information content (AvgIpc) is 2.66. The molecule has 1 aromatic heterocycles. The fourth-order valence-corrected chi connectivity index (χ4v) is 4.51. The SMILES string of the molecule is CN(CC(=O)NCc1cccnc1)S(=O)(=O)c1ccc2c(c1)SCC(=O)N2. The summed E-state index contributed by atoms with van der Waals surface area (Å²) in [4.78, 5) is 28.2. The first-order valence-corrected chi connectivity index (χ1v) is 10.5. The Morgan fingerprint density at radius 1 is 1.37 bits per heavy atom. The van der Waals surface area contributed by atoms with Gasteiger partial charge in [0.2, 0.25) is 21.8 Å². The van der Waals surface area contributed by atoms with Crippen molar-refractivity contribution in [1.29, 1.82) is 0 Å². The zero-order chi connectivity index (χ0) is 19.4. The van der Waals surface area contributed by atoms with Gasteiger partial charge in [0.1, 0.15) is 0 Å². The van der Waals surface area contributed by atoms with E-state index in [0.717, 1.165) is 9.87 Å². The van der Waals surface area contributed by atoms with Crippen LogP contribution >= 0.6 is 11.8 Å². The van der Waals surface area contributed by atoms with Crippen LogP contribution in [0.15, 0.2) is 52.5 Å². The third-order valence-corrected chi connectivity index (χ3v) is 6.73. The van der Waals surface area contributed by atoms with E-state index in [2.05, 4.69) is 15.6 Å². The molecule has 10 heteroatoms. The van der Waals surface area contributed by atoms with Gasteiger partial charge < -0.3 is 10.6 Å². The predicted octanol–water partition coefficient (Wildman–Crippen LogP) is 1.06. The van der Waals surface area contributed by atoms with Crippen LogP contribution < -0.4 is 10.6 Å². The number of benzene rings is 1. The van der Waals surface area contributed by atoms with Gasteiger partial charge in [-0.2, -0.15) is 4.31 Å². The van der Waals surface area contributed by atoms with Crippen molar-refractivity contribution in [3.63, 3.8) is 0 Å². The summed E-state index contributed by atoms with van der Waals surface area (Å²) >= 11 is 1.28. The van der Waals surface area contributed by atoms with E-state index in [1.54, 1.807) is 24.5 Å². The first kappa shape index (κ1) is 19.3. The summed E-state index contributed by atoms with van der Waals surface area (Å²) in [5, 5.41) is 5.37. The number of pyridine rings is 1. The van der Waals surface area contributed by atoms with Gasteiger partial charge in [0, 0.05) is 30.9 Å². The van der Waals surface area contributed by atoms with Gasteiger partial charge in [0.25, 0.3) is 0 Å². The molecule has 2 amide bonds. The van der Waals surface area contributed by atoms with Gasteiger partial charge in [0.05, 0.1) is 22.9 Å². The second-order valence-corrected chi connectivity index (χ2v) is 8.96. The number of hydrogen-bond donors (Lipinski definition) is 2. The van der Waals surface area contributed by atoms with Crippen LogP contribution in [-0.2, 0) is 26.2 Å². The molecule has 1 aliphatic rings. The third-order valence-electron chi connectivity index (χ3n) is 3.87. The van der Waals surface area contributed by atoms with E-state index in [-0.39, 0.29) is 29.6 Å². The Morgan fingerprint density at radius 2 is 2.19 bits per heavy atom. The van der Waals surface area contributed by atoms with Crippen LogP contribution in [0.1, 0.15) is 5.56 Å². The molecule has 142 valence electrons. The minimum Gasteiger partial charge on any atom is -0.351 e. The first-order valence-electron chi connectivity index (χ1n) is 8.05. The van der Waals surface area contributed by atoms with Crippen molar-refractivity contribution in [3.05, 3.63) is 48.3 Å². The van der Waals surface area contributed by atoms with E-state index in [1.807, 2.05) is 6.07 Å². The Hall–Kier alpha value is -2.43. The highest BCUT2D eigenvalue weighted by atomic mass is 32.2. The quantitative estimate of drug-likeness (QED) is 0.743. The van der Waals surface area contributed by atoms with Gasteiger partial charge in [-0.25, -0.2) is 8.42 Å². The molecule has 0 saturated heterocycles. The number of carbonyl (C=O) groups is 2. The van der Waals surface area contributed by atoms with E-state index in [1.165, 1.54) is 30.9 Å². The number of amides is 2. The van der Waals surface area contributed by atoms with E-state index in [0.29, 0.717) is 10.6 Å². The highest BCUT2D eigenvalue weighted by Gasteiger charge is 2.25. The number of fused-ring (bicyclic) bond motifs is 1. The number of anilines is 1. The zero-order valence-electron chi connectivity index (χ0n) is 14.5. The van der Waals surface area contributed by atoms with Crippen LogP contribution in [0.5, 0.6) is 0 Å². The molecule has 0 aliphatic carbocycles. The van der Waals surface area contributed by atoms with Crippen molar-refractivity contribution in [2.45, 2.75) is 16.3 Å². The van der Waals surface area contributed by atoms with Crippen LogP contribution in [0.2, 0.25) is 0 Å². The lowest BCUT2D eigenvalue weighted by molar-refractivity contribution is -0.121. The van der Waals surface area contributed by atoms with Gasteiger partial charge in [0.15, 0.2) is 0 Å². The first-order chi connectivity index (χ1) is 12.9. The molecule has 0 spiro atoms. The lowest BCUT2D eigenvalue weighted by Gasteiger charge is -2.20. The minimum absolute atomic E-state index is 0.0764. The molecule has 1 aliphatic heterocycles.